The summed E-state index contributed by atoms with van der Waals surface area (Å²) in [7, 11) is 0. The Morgan fingerprint density at radius 3 is 2.58 bits per heavy atom. The van der Waals surface area contributed by atoms with Crippen molar-refractivity contribution in [3.8, 4) is 11.5 Å². The predicted octanol–water partition coefficient (Wildman–Crippen LogP) is 1.66. The first kappa shape index (κ1) is 12.8. The summed E-state index contributed by atoms with van der Waals surface area (Å²) >= 11 is 0. The average Bonchev–Trinajstić information content (AvgIpc) is 2.47. The Morgan fingerprint density at radius 1 is 1.16 bits per heavy atom. The smallest absolute Gasteiger partial charge is 0.161 e. The summed E-state index contributed by atoms with van der Waals surface area (Å²) in [6.45, 7) is 5.04. The third-order valence-electron chi connectivity index (χ3n) is 4.26. The highest BCUT2D eigenvalue weighted by molar-refractivity contribution is 5.45. The quantitative estimate of drug-likeness (QED) is 0.852. The summed E-state index contributed by atoms with van der Waals surface area (Å²) in [6.07, 6.45) is 2.00. The number of piperidine rings is 1. The zero-order chi connectivity index (χ0) is 13.3. The van der Waals surface area contributed by atoms with E-state index in [-0.39, 0.29) is 5.92 Å². The summed E-state index contributed by atoms with van der Waals surface area (Å²) in [5, 5.41) is 14.2. The van der Waals surface area contributed by atoms with Crippen molar-refractivity contribution >= 4 is 0 Å². The molecule has 19 heavy (non-hydrogen) atoms. The van der Waals surface area contributed by atoms with Gasteiger partial charge in [0.15, 0.2) is 11.5 Å². The van der Waals surface area contributed by atoms with Crippen molar-refractivity contribution in [2.45, 2.75) is 25.4 Å². The van der Waals surface area contributed by atoms with Gasteiger partial charge in [-0.3, -0.25) is 0 Å². The molecular formula is C15H21NO3. The van der Waals surface area contributed by atoms with E-state index in [4.69, 9.17) is 9.47 Å². The second kappa shape index (κ2) is 5.02. The van der Waals surface area contributed by atoms with E-state index in [1.54, 1.807) is 0 Å². The second-order valence-electron chi connectivity index (χ2n) is 5.53. The van der Waals surface area contributed by atoms with Crippen LogP contribution in [0.4, 0.5) is 0 Å². The van der Waals surface area contributed by atoms with Crippen LogP contribution in [0.25, 0.3) is 0 Å². The molecule has 1 fully saturated rings. The first-order valence-electron chi connectivity index (χ1n) is 7.01. The highest BCUT2D eigenvalue weighted by Crippen LogP contribution is 2.39. The molecule has 4 heteroatoms. The normalized spacial score (nSPS) is 22.8. The monoisotopic (exact) mass is 263 g/mol. The molecule has 2 aliphatic heterocycles. The Bertz CT molecular complexity index is 453. The summed E-state index contributed by atoms with van der Waals surface area (Å²) < 4.78 is 11.1. The third-order valence-corrected chi connectivity index (χ3v) is 4.26. The van der Waals surface area contributed by atoms with E-state index in [0.29, 0.717) is 13.2 Å². The molecule has 0 bridgehead atoms. The van der Waals surface area contributed by atoms with Gasteiger partial charge < -0.3 is 19.9 Å². The van der Waals surface area contributed by atoms with Gasteiger partial charge in [0.1, 0.15) is 13.2 Å². The molecule has 4 nitrogen and oxygen atoms in total. The fourth-order valence-corrected chi connectivity index (χ4v) is 2.98. The summed E-state index contributed by atoms with van der Waals surface area (Å²) in [5.41, 5.74) is 0.112. The van der Waals surface area contributed by atoms with Crippen LogP contribution < -0.4 is 14.8 Å². The van der Waals surface area contributed by atoms with Gasteiger partial charge >= 0.3 is 0 Å². The van der Waals surface area contributed by atoms with Crippen LogP contribution >= 0.6 is 0 Å². The van der Waals surface area contributed by atoms with Crippen molar-refractivity contribution < 1.29 is 14.6 Å². The van der Waals surface area contributed by atoms with E-state index < -0.39 is 5.60 Å². The van der Waals surface area contributed by atoms with Crippen molar-refractivity contribution in [2.75, 3.05) is 26.3 Å². The minimum atomic E-state index is -0.808. The van der Waals surface area contributed by atoms with E-state index in [2.05, 4.69) is 5.32 Å². The van der Waals surface area contributed by atoms with Gasteiger partial charge in [-0.1, -0.05) is 6.07 Å². The first-order chi connectivity index (χ1) is 9.18. The molecule has 0 aromatic heterocycles. The molecule has 2 aliphatic rings. The fraction of sp³-hybridized carbons (Fsp3) is 0.600. The Kier molecular flexibility index (Phi) is 3.37. The van der Waals surface area contributed by atoms with Gasteiger partial charge in [-0.05, 0) is 56.5 Å². The minimum Gasteiger partial charge on any atom is -0.486 e. The van der Waals surface area contributed by atoms with Crippen molar-refractivity contribution in [3.63, 3.8) is 0 Å². The lowest BCUT2D eigenvalue weighted by atomic mass is 9.77. The second-order valence-corrected chi connectivity index (χ2v) is 5.53. The number of hydrogen-bond acceptors (Lipinski definition) is 4. The number of benzene rings is 1. The number of hydrogen-bond donors (Lipinski definition) is 2. The standard InChI is InChI=1S/C15H21NO3/c1-15(17,11-4-6-16-7-5-11)12-2-3-13-14(10-12)19-9-8-18-13/h2-3,10-11,16-17H,4-9H2,1H3. The first-order valence-corrected chi connectivity index (χ1v) is 7.01. The molecule has 0 radical (unpaired) electrons. The van der Waals surface area contributed by atoms with Crippen LogP contribution in [0.3, 0.4) is 0 Å². The predicted molar refractivity (Wildman–Crippen MR) is 72.6 cm³/mol. The molecule has 1 unspecified atom stereocenters. The van der Waals surface area contributed by atoms with E-state index in [9.17, 15) is 5.11 Å². The van der Waals surface area contributed by atoms with Crippen molar-refractivity contribution in [2.24, 2.45) is 5.92 Å². The number of nitrogens with one attached hydrogen (secondary N) is 1. The SMILES string of the molecule is CC(O)(c1ccc2c(c1)OCCO2)C1CCNCC1. The highest BCUT2D eigenvalue weighted by Gasteiger charge is 2.35. The van der Waals surface area contributed by atoms with Crippen LogP contribution in [0, 0.1) is 5.92 Å². The molecule has 104 valence electrons. The van der Waals surface area contributed by atoms with Gasteiger partial charge in [0.2, 0.25) is 0 Å². The Labute approximate surface area is 113 Å². The molecule has 2 heterocycles. The maximum atomic E-state index is 10.9. The number of ether oxygens (including phenoxy) is 2. The van der Waals surface area contributed by atoms with Crippen LogP contribution in [0.15, 0.2) is 18.2 Å². The zero-order valence-electron chi connectivity index (χ0n) is 11.3. The molecule has 1 aromatic carbocycles. The summed E-state index contributed by atoms with van der Waals surface area (Å²) in [4.78, 5) is 0. The summed E-state index contributed by atoms with van der Waals surface area (Å²) in [6, 6.07) is 5.78. The molecule has 3 rings (SSSR count). The van der Waals surface area contributed by atoms with Crippen LogP contribution in [0.1, 0.15) is 25.3 Å². The summed E-state index contributed by atoms with van der Waals surface area (Å²) in [5.74, 6) is 1.81. The lowest BCUT2D eigenvalue weighted by Crippen LogP contribution is -2.39. The Balaban J connectivity index is 1.87. The average molecular weight is 263 g/mol. The molecule has 0 saturated carbocycles. The third kappa shape index (κ3) is 2.42. The van der Waals surface area contributed by atoms with Gasteiger partial charge in [0.05, 0.1) is 5.60 Å². The lowest BCUT2D eigenvalue weighted by Gasteiger charge is -2.36. The zero-order valence-corrected chi connectivity index (χ0v) is 11.3. The Hall–Kier alpha value is -1.26. The molecule has 1 saturated heterocycles. The maximum absolute atomic E-state index is 10.9. The Morgan fingerprint density at radius 2 is 1.84 bits per heavy atom. The van der Waals surface area contributed by atoms with Crippen LogP contribution in [0.5, 0.6) is 11.5 Å². The van der Waals surface area contributed by atoms with Crippen LogP contribution in [0.2, 0.25) is 0 Å². The topological polar surface area (TPSA) is 50.7 Å². The van der Waals surface area contributed by atoms with Crippen LogP contribution in [-0.4, -0.2) is 31.4 Å². The van der Waals surface area contributed by atoms with E-state index in [1.807, 2.05) is 25.1 Å². The van der Waals surface area contributed by atoms with E-state index in [0.717, 1.165) is 43.0 Å². The maximum Gasteiger partial charge on any atom is 0.161 e. The minimum absolute atomic E-state index is 0.288. The van der Waals surface area contributed by atoms with Gasteiger partial charge in [-0.15, -0.1) is 0 Å². The lowest BCUT2D eigenvalue weighted by molar-refractivity contribution is -0.0189. The molecular weight excluding hydrogens is 242 g/mol. The van der Waals surface area contributed by atoms with Crippen molar-refractivity contribution in [1.82, 2.24) is 5.32 Å². The fourth-order valence-electron chi connectivity index (χ4n) is 2.98. The van der Waals surface area contributed by atoms with Gasteiger partial charge in [0, 0.05) is 0 Å². The molecule has 0 amide bonds. The number of rotatable bonds is 2. The van der Waals surface area contributed by atoms with Crippen molar-refractivity contribution in [3.05, 3.63) is 23.8 Å². The van der Waals surface area contributed by atoms with Gasteiger partial charge in [-0.25, -0.2) is 0 Å². The molecule has 1 aromatic rings. The highest BCUT2D eigenvalue weighted by atomic mass is 16.6. The van der Waals surface area contributed by atoms with Gasteiger partial charge in [-0.2, -0.15) is 0 Å². The van der Waals surface area contributed by atoms with E-state index >= 15 is 0 Å². The molecule has 2 N–H and O–H groups in total. The van der Waals surface area contributed by atoms with Crippen molar-refractivity contribution in [1.29, 1.82) is 0 Å². The molecule has 1 atom stereocenters. The molecule has 0 spiro atoms. The molecule has 0 aliphatic carbocycles. The van der Waals surface area contributed by atoms with Gasteiger partial charge in [0.25, 0.3) is 0 Å². The largest absolute Gasteiger partial charge is 0.486 e. The van der Waals surface area contributed by atoms with E-state index in [1.165, 1.54) is 0 Å². The number of aliphatic hydroxyl groups is 1. The van der Waals surface area contributed by atoms with Crippen LogP contribution in [-0.2, 0) is 5.60 Å². The number of fused-ring (bicyclic) bond motifs is 1.